The van der Waals surface area contributed by atoms with Gasteiger partial charge < -0.3 is 20.4 Å². The summed E-state index contributed by atoms with van der Waals surface area (Å²) in [4.78, 5) is 42.8. The van der Waals surface area contributed by atoms with Crippen molar-refractivity contribution < 1.29 is 19.1 Å². The zero-order chi connectivity index (χ0) is 20.7. The minimum absolute atomic E-state index is 0.107. The summed E-state index contributed by atoms with van der Waals surface area (Å²) in [5.74, 6) is -0.985. The first-order valence-electron chi connectivity index (χ1n) is 8.50. The number of esters is 1. The number of ether oxygens (including phenoxy) is 1. The SMILES string of the molecule is COC(=O)CCNC(=O)C1SC(=NC(=O)c2ccc(SC=N)cc2)N(C)C1C. The van der Waals surface area contributed by atoms with Gasteiger partial charge in [0.05, 0.1) is 19.1 Å². The van der Waals surface area contributed by atoms with Crippen LogP contribution in [0.1, 0.15) is 23.7 Å². The van der Waals surface area contributed by atoms with E-state index in [0.29, 0.717) is 10.7 Å². The minimum Gasteiger partial charge on any atom is -0.469 e. The molecule has 1 fully saturated rings. The molecule has 8 nitrogen and oxygen atoms in total. The van der Waals surface area contributed by atoms with Crippen LogP contribution in [0.2, 0.25) is 0 Å². The highest BCUT2D eigenvalue weighted by Crippen LogP contribution is 2.31. The number of amidine groups is 1. The summed E-state index contributed by atoms with van der Waals surface area (Å²) in [7, 11) is 3.09. The number of carbonyl (C=O) groups is 3. The van der Waals surface area contributed by atoms with E-state index in [-0.39, 0.29) is 36.8 Å². The molecule has 0 aliphatic carbocycles. The fourth-order valence-corrected chi connectivity index (χ4v) is 4.13. The summed E-state index contributed by atoms with van der Waals surface area (Å²) in [6.45, 7) is 2.08. The lowest BCUT2D eigenvalue weighted by Gasteiger charge is -2.19. The summed E-state index contributed by atoms with van der Waals surface area (Å²) in [6.07, 6.45) is 0.107. The van der Waals surface area contributed by atoms with Crippen LogP contribution in [0.25, 0.3) is 0 Å². The van der Waals surface area contributed by atoms with E-state index in [9.17, 15) is 14.4 Å². The Morgan fingerprint density at radius 3 is 2.64 bits per heavy atom. The first-order chi connectivity index (χ1) is 13.4. The fraction of sp³-hybridized carbons (Fsp3) is 0.389. The average Bonchev–Trinajstić information content (AvgIpc) is 2.97. The second kappa shape index (κ2) is 10.3. The normalized spacial score (nSPS) is 20.1. The van der Waals surface area contributed by atoms with Crippen LogP contribution in [-0.4, -0.2) is 65.4 Å². The van der Waals surface area contributed by atoms with E-state index in [1.165, 1.54) is 36.2 Å². The molecule has 1 saturated heterocycles. The lowest BCUT2D eigenvalue weighted by Crippen LogP contribution is -2.41. The third-order valence-electron chi connectivity index (χ3n) is 4.19. The Morgan fingerprint density at radius 2 is 2.04 bits per heavy atom. The molecule has 2 rings (SSSR count). The lowest BCUT2D eigenvalue weighted by molar-refractivity contribution is -0.140. The highest BCUT2D eigenvalue weighted by atomic mass is 32.2. The van der Waals surface area contributed by atoms with Gasteiger partial charge in [0, 0.05) is 30.1 Å². The molecule has 0 radical (unpaired) electrons. The van der Waals surface area contributed by atoms with Crippen molar-refractivity contribution in [3.63, 3.8) is 0 Å². The Hall–Kier alpha value is -2.33. The van der Waals surface area contributed by atoms with Crippen molar-refractivity contribution in [2.24, 2.45) is 4.99 Å². The summed E-state index contributed by atoms with van der Waals surface area (Å²) in [5, 5.41) is 9.84. The largest absolute Gasteiger partial charge is 0.469 e. The maximum Gasteiger partial charge on any atom is 0.307 e. The van der Waals surface area contributed by atoms with Crippen LogP contribution in [0, 0.1) is 5.41 Å². The Morgan fingerprint density at radius 1 is 1.36 bits per heavy atom. The molecular weight excluding hydrogens is 400 g/mol. The molecule has 2 N–H and O–H groups in total. The van der Waals surface area contributed by atoms with Crippen LogP contribution in [-0.2, 0) is 14.3 Å². The summed E-state index contributed by atoms with van der Waals surface area (Å²) >= 11 is 2.48. The molecule has 0 aromatic heterocycles. The average molecular weight is 423 g/mol. The van der Waals surface area contributed by atoms with Gasteiger partial charge in [-0.1, -0.05) is 23.5 Å². The Labute approximate surface area is 172 Å². The maximum atomic E-state index is 12.4. The van der Waals surface area contributed by atoms with Gasteiger partial charge in [-0.25, -0.2) is 0 Å². The first kappa shape index (κ1) is 22.0. The number of nitrogens with one attached hydrogen (secondary N) is 2. The van der Waals surface area contributed by atoms with E-state index >= 15 is 0 Å². The predicted molar refractivity (Wildman–Crippen MR) is 111 cm³/mol. The van der Waals surface area contributed by atoms with Crippen molar-refractivity contribution in [2.45, 2.75) is 29.5 Å². The monoisotopic (exact) mass is 422 g/mol. The number of hydrogen-bond donors (Lipinski definition) is 2. The molecule has 2 amide bonds. The smallest absolute Gasteiger partial charge is 0.307 e. The lowest BCUT2D eigenvalue weighted by atomic mass is 10.2. The maximum absolute atomic E-state index is 12.4. The van der Waals surface area contributed by atoms with Crippen LogP contribution in [0.4, 0.5) is 0 Å². The molecule has 0 saturated carbocycles. The van der Waals surface area contributed by atoms with Crippen molar-refractivity contribution in [3.05, 3.63) is 29.8 Å². The van der Waals surface area contributed by atoms with Crippen molar-refractivity contribution >= 4 is 52.0 Å². The molecule has 0 spiro atoms. The molecule has 1 aromatic carbocycles. The number of carbonyl (C=O) groups excluding carboxylic acids is 3. The molecule has 2 unspecified atom stereocenters. The molecule has 150 valence electrons. The van der Waals surface area contributed by atoms with Gasteiger partial charge in [0.2, 0.25) is 5.91 Å². The highest BCUT2D eigenvalue weighted by molar-refractivity contribution is 8.15. The standard InChI is InChI=1S/C18H22N4O4S2/c1-11-15(17(25)20-9-8-14(23)26-3)28-18(22(11)2)21-16(24)12-4-6-13(7-5-12)27-10-19/h4-7,10-11,15,19H,8-9H2,1-3H3,(H,20,25). The van der Waals surface area contributed by atoms with Crippen molar-refractivity contribution in [3.8, 4) is 0 Å². The van der Waals surface area contributed by atoms with E-state index < -0.39 is 5.25 Å². The molecule has 2 atom stereocenters. The summed E-state index contributed by atoms with van der Waals surface area (Å²) in [6, 6.07) is 6.70. The first-order valence-corrected chi connectivity index (χ1v) is 10.3. The van der Waals surface area contributed by atoms with Gasteiger partial charge in [-0.2, -0.15) is 4.99 Å². The van der Waals surface area contributed by atoms with Crippen LogP contribution in [0.3, 0.4) is 0 Å². The second-order valence-corrected chi connectivity index (χ2v) is 8.02. The molecular formula is C18H22N4O4S2. The Balaban J connectivity index is 2.01. The molecule has 1 aliphatic heterocycles. The van der Waals surface area contributed by atoms with Gasteiger partial charge in [0.15, 0.2) is 5.17 Å². The fourth-order valence-electron chi connectivity index (χ4n) is 2.44. The van der Waals surface area contributed by atoms with E-state index in [0.717, 1.165) is 4.90 Å². The van der Waals surface area contributed by atoms with Crippen molar-refractivity contribution in [1.82, 2.24) is 10.2 Å². The number of rotatable bonds is 7. The van der Waals surface area contributed by atoms with E-state index in [1.54, 1.807) is 36.2 Å². The Bertz CT molecular complexity index is 782. The number of methoxy groups -OCH3 is 1. The van der Waals surface area contributed by atoms with E-state index in [4.69, 9.17) is 5.41 Å². The van der Waals surface area contributed by atoms with Crippen LogP contribution in [0.5, 0.6) is 0 Å². The van der Waals surface area contributed by atoms with Gasteiger partial charge in [0.1, 0.15) is 5.25 Å². The van der Waals surface area contributed by atoms with Gasteiger partial charge in [-0.3, -0.25) is 14.4 Å². The number of benzene rings is 1. The molecule has 1 heterocycles. The minimum atomic E-state index is -0.430. The zero-order valence-electron chi connectivity index (χ0n) is 15.8. The zero-order valence-corrected chi connectivity index (χ0v) is 17.4. The van der Waals surface area contributed by atoms with Crippen LogP contribution >= 0.6 is 23.5 Å². The van der Waals surface area contributed by atoms with E-state index in [1.807, 2.05) is 6.92 Å². The van der Waals surface area contributed by atoms with E-state index in [2.05, 4.69) is 15.0 Å². The number of hydrogen-bond acceptors (Lipinski definition) is 7. The van der Waals surface area contributed by atoms with Crippen molar-refractivity contribution in [1.29, 1.82) is 5.41 Å². The molecule has 0 bridgehead atoms. The number of thioether (sulfide) groups is 2. The third-order valence-corrected chi connectivity index (χ3v) is 6.31. The predicted octanol–water partition coefficient (Wildman–Crippen LogP) is 2.00. The molecule has 28 heavy (non-hydrogen) atoms. The molecule has 10 heteroatoms. The van der Waals surface area contributed by atoms with Crippen LogP contribution in [0.15, 0.2) is 34.2 Å². The highest BCUT2D eigenvalue weighted by Gasteiger charge is 2.39. The number of nitrogens with zero attached hydrogens (tertiary/aromatic N) is 2. The topological polar surface area (TPSA) is 112 Å². The third kappa shape index (κ3) is 5.59. The summed E-state index contributed by atoms with van der Waals surface area (Å²) in [5.41, 5.74) is 1.66. The number of amides is 2. The molecule has 1 aliphatic rings. The number of aliphatic imine (C=N–C) groups is 1. The quantitative estimate of drug-likeness (QED) is 0.299. The van der Waals surface area contributed by atoms with Gasteiger partial charge in [-0.15, -0.1) is 0 Å². The van der Waals surface area contributed by atoms with Crippen molar-refractivity contribution in [2.75, 3.05) is 20.7 Å². The molecule has 1 aromatic rings. The second-order valence-electron chi connectivity index (χ2n) is 5.97. The van der Waals surface area contributed by atoms with Crippen LogP contribution < -0.4 is 5.32 Å². The van der Waals surface area contributed by atoms with Gasteiger partial charge >= 0.3 is 5.97 Å². The van der Waals surface area contributed by atoms with Gasteiger partial charge in [-0.05, 0) is 31.2 Å². The summed E-state index contributed by atoms with van der Waals surface area (Å²) < 4.78 is 4.55. The van der Waals surface area contributed by atoms with Gasteiger partial charge in [0.25, 0.3) is 5.91 Å². The Kier molecular flexibility index (Phi) is 8.06.